The van der Waals surface area contributed by atoms with Crippen molar-refractivity contribution in [3.05, 3.63) is 28.2 Å². The van der Waals surface area contributed by atoms with E-state index in [4.69, 9.17) is 0 Å². The van der Waals surface area contributed by atoms with Crippen LogP contribution in [0.15, 0.2) is 16.6 Å². The van der Waals surface area contributed by atoms with Gasteiger partial charge >= 0.3 is 0 Å². The van der Waals surface area contributed by atoms with Crippen LogP contribution in [0, 0.1) is 17.6 Å². The highest BCUT2D eigenvalue weighted by molar-refractivity contribution is 9.10. The summed E-state index contributed by atoms with van der Waals surface area (Å²) in [5.74, 6) is -1.49. The Morgan fingerprint density at radius 2 is 1.79 bits per heavy atom. The maximum Gasteiger partial charge on any atom is 0.224 e. The van der Waals surface area contributed by atoms with Crippen molar-refractivity contribution in [2.75, 3.05) is 5.32 Å². The molecule has 0 unspecified atom stereocenters. The molecule has 1 aliphatic rings. The minimum Gasteiger partial charge on any atom is -0.321 e. The predicted molar refractivity (Wildman–Crippen MR) is 73.9 cm³/mol. The summed E-state index contributed by atoms with van der Waals surface area (Å²) in [5.41, 5.74) is -0.357. The number of anilines is 1. The fourth-order valence-electron chi connectivity index (χ4n) is 2.51. The van der Waals surface area contributed by atoms with Crippen LogP contribution in [-0.2, 0) is 4.79 Å². The Morgan fingerprint density at radius 3 is 2.37 bits per heavy atom. The third-order valence-electron chi connectivity index (χ3n) is 3.47. The van der Waals surface area contributed by atoms with E-state index < -0.39 is 11.6 Å². The maximum atomic E-state index is 13.6. The van der Waals surface area contributed by atoms with Crippen LogP contribution < -0.4 is 5.32 Å². The summed E-state index contributed by atoms with van der Waals surface area (Å²) >= 11 is 3.00. The lowest BCUT2D eigenvalue weighted by Crippen LogP contribution is -2.19. The number of carbonyl (C=O) groups excluding carboxylic acids is 1. The molecule has 1 aromatic carbocycles. The second-order valence-corrected chi connectivity index (χ2v) is 5.92. The van der Waals surface area contributed by atoms with Gasteiger partial charge in [0, 0.05) is 10.9 Å². The van der Waals surface area contributed by atoms with Gasteiger partial charge in [0.05, 0.1) is 0 Å². The molecule has 0 spiro atoms. The molecule has 1 aromatic rings. The summed E-state index contributed by atoms with van der Waals surface area (Å²) < 4.78 is 27.4. The number of hydrogen-bond acceptors (Lipinski definition) is 1. The van der Waals surface area contributed by atoms with Crippen LogP contribution in [0.5, 0.6) is 0 Å². The van der Waals surface area contributed by atoms with Gasteiger partial charge in [-0.1, -0.05) is 35.2 Å². The van der Waals surface area contributed by atoms with Crippen molar-refractivity contribution in [3.63, 3.8) is 0 Å². The molecular weight excluding hydrogens is 316 g/mol. The number of hydrogen-bond donors (Lipinski definition) is 1. The minimum absolute atomic E-state index is 0.313. The van der Waals surface area contributed by atoms with E-state index in [1.54, 1.807) is 0 Å². The lowest BCUT2D eigenvalue weighted by atomic mass is 9.87. The van der Waals surface area contributed by atoms with E-state index >= 15 is 0 Å². The fraction of sp³-hybridized carbons (Fsp3) is 0.500. The average molecular weight is 332 g/mol. The Balaban J connectivity index is 1.98. The average Bonchev–Trinajstić information content (AvgIpc) is 2.35. The summed E-state index contributed by atoms with van der Waals surface area (Å²) in [6, 6.07) is 2.28. The molecule has 0 bridgehead atoms. The first-order valence-corrected chi connectivity index (χ1v) is 7.30. The predicted octanol–water partition coefficient (Wildman–Crippen LogP) is 4.64. The fourth-order valence-corrected chi connectivity index (χ4v) is 2.91. The van der Waals surface area contributed by atoms with Gasteiger partial charge < -0.3 is 5.32 Å². The van der Waals surface area contributed by atoms with Crippen LogP contribution in [0.2, 0.25) is 0 Å². The molecule has 0 aliphatic heterocycles. The smallest absolute Gasteiger partial charge is 0.224 e. The van der Waals surface area contributed by atoms with Gasteiger partial charge in [-0.15, -0.1) is 0 Å². The Hall–Kier alpha value is -0.970. The van der Waals surface area contributed by atoms with Crippen molar-refractivity contribution in [2.24, 2.45) is 5.92 Å². The third kappa shape index (κ3) is 4.00. The van der Waals surface area contributed by atoms with Gasteiger partial charge in [0.2, 0.25) is 5.91 Å². The summed E-state index contributed by atoms with van der Waals surface area (Å²) in [7, 11) is 0. The quantitative estimate of drug-likeness (QED) is 0.859. The van der Waals surface area contributed by atoms with Crippen molar-refractivity contribution >= 4 is 27.5 Å². The molecular formula is C14H16BrF2NO. The van der Waals surface area contributed by atoms with E-state index in [1.807, 2.05) is 0 Å². The molecule has 19 heavy (non-hydrogen) atoms. The second-order valence-electron chi connectivity index (χ2n) is 5.00. The first-order chi connectivity index (χ1) is 9.06. The SMILES string of the molecule is O=C(CC1CCCCC1)Nc1c(F)cc(Br)cc1F. The molecule has 1 saturated carbocycles. The highest BCUT2D eigenvalue weighted by atomic mass is 79.9. The monoisotopic (exact) mass is 331 g/mol. The van der Waals surface area contributed by atoms with Gasteiger partial charge in [-0.25, -0.2) is 8.78 Å². The minimum atomic E-state index is -0.760. The topological polar surface area (TPSA) is 29.1 Å². The highest BCUT2D eigenvalue weighted by Crippen LogP contribution is 2.28. The van der Waals surface area contributed by atoms with E-state index in [0.717, 1.165) is 37.8 Å². The van der Waals surface area contributed by atoms with Crippen molar-refractivity contribution in [2.45, 2.75) is 38.5 Å². The molecule has 0 atom stereocenters. The van der Waals surface area contributed by atoms with Gasteiger partial charge in [0.25, 0.3) is 0 Å². The Morgan fingerprint density at radius 1 is 1.21 bits per heavy atom. The molecule has 1 fully saturated rings. The molecule has 1 N–H and O–H groups in total. The zero-order chi connectivity index (χ0) is 13.8. The number of benzene rings is 1. The van der Waals surface area contributed by atoms with Gasteiger partial charge in [0.1, 0.15) is 5.69 Å². The lowest BCUT2D eigenvalue weighted by molar-refractivity contribution is -0.117. The van der Waals surface area contributed by atoms with Crippen LogP contribution >= 0.6 is 15.9 Å². The highest BCUT2D eigenvalue weighted by Gasteiger charge is 2.19. The van der Waals surface area contributed by atoms with E-state index in [1.165, 1.54) is 6.42 Å². The number of nitrogens with one attached hydrogen (secondary N) is 1. The molecule has 0 radical (unpaired) electrons. The van der Waals surface area contributed by atoms with Gasteiger partial charge in [-0.2, -0.15) is 0 Å². The maximum absolute atomic E-state index is 13.6. The summed E-state index contributed by atoms with van der Waals surface area (Å²) in [6.45, 7) is 0. The summed E-state index contributed by atoms with van der Waals surface area (Å²) in [6.07, 6.45) is 5.89. The third-order valence-corrected chi connectivity index (χ3v) is 3.93. The van der Waals surface area contributed by atoms with Crippen LogP contribution in [0.4, 0.5) is 14.5 Å². The van der Waals surface area contributed by atoms with E-state index in [9.17, 15) is 13.6 Å². The van der Waals surface area contributed by atoms with Crippen molar-refractivity contribution in [3.8, 4) is 0 Å². The molecule has 1 amide bonds. The Bertz CT molecular complexity index is 450. The molecule has 104 valence electrons. The first kappa shape index (κ1) is 14.4. The van der Waals surface area contributed by atoms with Crippen molar-refractivity contribution in [1.82, 2.24) is 0 Å². The molecule has 1 aliphatic carbocycles. The molecule has 2 nitrogen and oxygen atoms in total. The van der Waals surface area contributed by atoms with Crippen LogP contribution in [-0.4, -0.2) is 5.91 Å². The van der Waals surface area contributed by atoms with Gasteiger partial charge in [-0.3, -0.25) is 4.79 Å². The molecule has 2 rings (SSSR count). The Kier molecular flexibility index (Phi) is 4.91. The first-order valence-electron chi connectivity index (χ1n) is 6.50. The zero-order valence-electron chi connectivity index (χ0n) is 10.5. The second kappa shape index (κ2) is 6.46. The molecule has 0 saturated heterocycles. The Labute approximate surface area is 119 Å². The van der Waals surface area contributed by atoms with E-state index in [2.05, 4.69) is 21.2 Å². The van der Waals surface area contributed by atoms with Crippen molar-refractivity contribution < 1.29 is 13.6 Å². The van der Waals surface area contributed by atoms with E-state index in [-0.39, 0.29) is 11.6 Å². The van der Waals surface area contributed by atoms with Crippen LogP contribution in [0.1, 0.15) is 38.5 Å². The summed E-state index contributed by atoms with van der Waals surface area (Å²) in [4.78, 5) is 11.8. The van der Waals surface area contributed by atoms with Crippen molar-refractivity contribution in [1.29, 1.82) is 0 Å². The zero-order valence-corrected chi connectivity index (χ0v) is 12.1. The standard InChI is InChI=1S/C14H16BrF2NO/c15-10-7-11(16)14(12(17)8-10)18-13(19)6-9-4-2-1-3-5-9/h7-9H,1-6H2,(H,18,19). The number of carbonyl (C=O) groups is 1. The normalized spacial score (nSPS) is 16.4. The molecule has 0 aromatic heterocycles. The van der Waals surface area contributed by atoms with E-state index in [0.29, 0.717) is 16.8 Å². The number of halogens is 3. The summed E-state index contributed by atoms with van der Waals surface area (Å²) in [5, 5.41) is 2.34. The van der Waals surface area contributed by atoms with Crippen LogP contribution in [0.3, 0.4) is 0 Å². The van der Waals surface area contributed by atoms with Gasteiger partial charge in [-0.05, 0) is 30.9 Å². The number of amides is 1. The van der Waals surface area contributed by atoms with Gasteiger partial charge in [0.15, 0.2) is 11.6 Å². The van der Waals surface area contributed by atoms with Crippen LogP contribution in [0.25, 0.3) is 0 Å². The molecule has 0 heterocycles. The number of rotatable bonds is 3. The largest absolute Gasteiger partial charge is 0.321 e. The lowest BCUT2D eigenvalue weighted by Gasteiger charge is -2.21. The molecule has 5 heteroatoms.